The molecule has 140 valence electrons. The maximum atomic E-state index is 11.7. The van der Waals surface area contributed by atoms with Crippen molar-refractivity contribution in [1.82, 2.24) is 14.9 Å². The van der Waals surface area contributed by atoms with E-state index in [1.165, 1.54) is 24.7 Å². The molecule has 1 aromatic carbocycles. The van der Waals surface area contributed by atoms with Crippen LogP contribution in [-0.4, -0.2) is 54.7 Å². The third-order valence-electron chi connectivity index (χ3n) is 4.49. The van der Waals surface area contributed by atoms with Crippen LogP contribution in [0.2, 0.25) is 0 Å². The predicted molar refractivity (Wildman–Crippen MR) is 104 cm³/mol. The lowest BCUT2D eigenvalue weighted by molar-refractivity contribution is 0.181. The molecular formula is C19H27N5O2. The number of rotatable bonds is 7. The fourth-order valence-electron chi connectivity index (χ4n) is 3.23. The topological polar surface area (TPSA) is 73.5 Å². The van der Waals surface area contributed by atoms with Crippen molar-refractivity contribution in [3.05, 3.63) is 46.4 Å². The molecule has 0 radical (unpaired) electrons. The van der Waals surface area contributed by atoms with E-state index in [0.717, 1.165) is 31.9 Å². The molecule has 1 fully saturated rings. The van der Waals surface area contributed by atoms with Gasteiger partial charge in [-0.25, -0.2) is 4.98 Å². The van der Waals surface area contributed by atoms with Crippen LogP contribution in [0.4, 0.5) is 17.3 Å². The number of hydrogen-bond donors (Lipinski definition) is 2. The van der Waals surface area contributed by atoms with Crippen LogP contribution in [0.15, 0.2) is 35.1 Å². The predicted octanol–water partition coefficient (Wildman–Crippen LogP) is 2.19. The van der Waals surface area contributed by atoms with E-state index in [0.29, 0.717) is 18.2 Å². The molecule has 0 unspecified atom stereocenters. The first-order chi connectivity index (χ1) is 12.7. The highest BCUT2D eigenvalue weighted by atomic mass is 16.5. The van der Waals surface area contributed by atoms with E-state index in [-0.39, 0.29) is 5.56 Å². The number of aromatic nitrogens is 2. The van der Waals surface area contributed by atoms with Crippen LogP contribution in [0, 0.1) is 0 Å². The Labute approximate surface area is 154 Å². The number of benzene rings is 1. The van der Waals surface area contributed by atoms with Gasteiger partial charge in [0.15, 0.2) is 0 Å². The van der Waals surface area contributed by atoms with Gasteiger partial charge in [0.1, 0.15) is 0 Å². The lowest BCUT2D eigenvalue weighted by atomic mass is 10.2. The second kappa shape index (κ2) is 8.82. The largest absolute Gasteiger partial charge is 0.378 e. The van der Waals surface area contributed by atoms with E-state index in [4.69, 9.17) is 4.74 Å². The third-order valence-corrected chi connectivity index (χ3v) is 4.49. The summed E-state index contributed by atoms with van der Waals surface area (Å²) in [4.78, 5) is 23.7. The van der Waals surface area contributed by atoms with Crippen LogP contribution in [0.1, 0.15) is 19.0 Å². The first-order valence-corrected chi connectivity index (χ1v) is 9.11. The fourth-order valence-corrected chi connectivity index (χ4v) is 3.23. The van der Waals surface area contributed by atoms with Crippen molar-refractivity contribution in [3.63, 3.8) is 0 Å². The molecule has 0 atom stereocenters. The van der Waals surface area contributed by atoms with Gasteiger partial charge in [0.25, 0.3) is 5.56 Å². The van der Waals surface area contributed by atoms with E-state index in [9.17, 15) is 4.79 Å². The monoisotopic (exact) mass is 357 g/mol. The molecule has 2 aromatic rings. The molecule has 2 heterocycles. The molecule has 0 saturated carbocycles. The summed E-state index contributed by atoms with van der Waals surface area (Å²) < 4.78 is 5.04. The lowest BCUT2D eigenvalue weighted by Crippen LogP contribution is -2.46. The molecule has 2 N–H and O–H groups in total. The van der Waals surface area contributed by atoms with Gasteiger partial charge >= 0.3 is 0 Å². The molecule has 1 aliphatic heterocycles. The van der Waals surface area contributed by atoms with E-state index >= 15 is 0 Å². The minimum absolute atomic E-state index is 0.198. The van der Waals surface area contributed by atoms with Gasteiger partial charge in [-0.05, 0) is 37.2 Å². The molecule has 7 nitrogen and oxygen atoms in total. The number of H-pyrrole nitrogens is 1. The van der Waals surface area contributed by atoms with Crippen LogP contribution < -0.4 is 15.8 Å². The maximum Gasteiger partial charge on any atom is 0.252 e. The highest BCUT2D eigenvalue weighted by molar-refractivity contribution is 5.59. The van der Waals surface area contributed by atoms with Gasteiger partial charge < -0.3 is 15.0 Å². The molecular weight excluding hydrogens is 330 g/mol. The second-order valence-electron chi connectivity index (χ2n) is 6.52. The zero-order valence-corrected chi connectivity index (χ0v) is 15.5. The van der Waals surface area contributed by atoms with Crippen LogP contribution in [0.3, 0.4) is 0 Å². The summed E-state index contributed by atoms with van der Waals surface area (Å²) in [7, 11) is 1.58. The van der Waals surface area contributed by atoms with Gasteiger partial charge in [-0.3, -0.25) is 14.7 Å². The maximum absolute atomic E-state index is 11.7. The summed E-state index contributed by atoms with van der Waals surface area (Å²) in [5.74, 6) is 0.422. The van der Waals surface area contributed by atoms with Crippen molar-refractivity contribution < 1.29 is 4.74 Å². The van der Waals surface area contributed by atoms with Gasteiger partial charge in [0.05, 0.1) is 12.3 Å². The first-order valence-electron chi connectivity index (χ1n) is 9.11. The Kier molecular flexibility index (Phi) is 6.25. The summed E-state index contributed by atoms with van der Waals surface area (Å²) in [6, 6.07) is 9.67. The first kappa shape index (κ1) is 18.4. The van der Waals surface area contributed by atoms with Crippen LogP contribution >= 0.6 is 0 Å². The number of piperazine rings is 1. The molecule has 0 spiro atoms. The Hall–Kier alpha value is -2.38. The van der Waals surface area contributed by atoms with Crippen LogP contribution in [0.25, 0.3) is 0 Å². The molecule has 1 saturated heterocycles. The van der Waals surface area contributed by atoms with Crippen LogP contribution in [-0.2, 0) is 11.3 Å². The minimum atomic E-state index is -0.198. The quantitative estimate of drug-likeness (QED) is 0.791. The normalized spacial score (nSPS) is 15.2. The van der Waals surface area contributed by atoms with E-state index in [2.05, 4.69) is 44.1 Å². The van der Waals surface area contributed by atoms with E-state index in [1.807, 2.05) is 12.1 Å². The van der Waals surface area contributed by atoms with Gasteiger partial charge in [-0.1, -0.05) is 6.92 Å². The van der Waals surface area contributed by atoms with Gasteiger partial charge in [-0.15, -0.1) is 0 Å². The summed E-state index contributed by atoms with van der Waals surface area (Å²) >= 11 is 0. The molecule has 0 amide bonds. The smallest absolute Gasteiger partial charge is 0.252 e. The Balaban J connectivity index is 1.62. The van der Waals surface area contributed by atoms with Crippen molar-refractivity contribution in [2.45, 2.75) is 20.0 Å². The van der Waals surface area contributed by atoms with Crippen molar-refractivity contribution in [1.29, 1.82) is 0 Å². The Morgan fingerprint density at radius 3 is 2.58 bits per heavy atom. The number of anilines is 3. The average Bonchev–Trinajstić information content (AvgIpc) is 2.63. The standard InChI is InChI=1S/C19H27N5O2/c1-3-8-23-9-11-24(12-10-23)17-6-4-15(5-7-17)20-19-21-16(14-26-2)13-18(25)22-19/h4-7,13H,3,8-12,14H2,1-2H3,(H2,20,21,22,25). The summed E-state index contributed by atoms with van der Waals surface area (Å²) in [6.07, 6.45) is 1.21. The SMILES string of the molecule is CCCN1CCN(c2ccc(Nc3nc(COC)cc(=O)[nH]3)cc2)CC1. The lowest BCUT2D eigenvalue weighted by Gasteiger charge is -2.36. The molecule has 1 aliphatic rings. The van der Waals surface area contributed by atoms with Crippen molar-refractivity contribution >= 4 is 17.3 Å². The molecule has 1 aromatic heterocycles. The third kappa shape index (κ3) is 4.83. The Morgan fingerprint density at radius 2 is 1.92 bits per heavy atom. The van der Waals surface area contributed by atoms with Crippen LogP contribution in [0.5, 0.6) is 0 Å². The number of nitrogens with zero attached hydrogens (tertiary/aromatic N) is 3. The number of hydrogen-bond acceptors (Lipinski definition) is 6. The number of ether oxygens (including phenoxy) is 1. The van der Waals surface area contributed by atoms with Gasteiger partial charge in [0.2, 0.25) is 5.95 Å². The summed E-state index contributed by atoms with van der Waals surface area (Å²) in [5.41, 5.74) is 2.51. The number of methoxy groups -OCH3 is 1. The van der Waals surface area contributed by atoms with Crippen molar-refractivity contribution in [3.8, 4) is 0 Å². The molecule has 7 heteroatoms. The van der Waals surface area contributed by atoms with Gasteiger partial charge in [-0.2, -0.15) is 0 Å². The molecule has 0 bridgehead atoms. The minimum Gasteiger partial charge on any atom is -0.378 e. The van der Waals surface area contributed by atoms with E-state index < -0.39 is 0 Å². The van der Waals surface area contributed by atoms with Gasteiger partial charge in [0, 0.05) is 50.7 Å². The number of aromatic amines is 1. The highest BCUT2D eigenvalue weighted by Gasteiger charge is 2.16. The molecule has 0 aliphatic carbocycles. The average molecular weight is 357 g/mol. The number of nitrogens with one attached hydrogen (secondary N) is 2. The Morgan fingerprint density at radius 1 is 1.19 bits per heavy atom. The summed E-state index contributed by atoms with van der Waals surface area (Å²) in [5, 5.41) is 3.15. The zero-order valence-electron chi connectivity index (χ0n) is 15.5. The van der Waals surface area contributed by atoms with Crippen molar-refractivity contribution in [2.75, 3.05) is 50.1 Å². The zero-order chi connectivity index (χ0) is 18.4. The Bertz CT molecular complexity index is 751. The van der Waals surface area contributed by atoms with Crippen molar-refractivity contribution in [2.24, 2.45) is 0 Å². The summed E-state index contributed by atoms with van der Waals surface area (Å²) in [6.45, 7) is 8.06. The van der Waals surface area contributed by atoms with E-state index in [1.54, 1.807) is 7.11 Å². The fraction of sp³-hybridized carbons (Fsp3) is 0.474. The highest BCUT2D eigenvalue weighted by Crippen LogP contribution is 2.21. The molecule has 3 rings (SSSR count). The molecule has 26 heavy (non-hydrogen) atoms. The second-order valence-corrected chi connectivity index (χ2v) is 6.52.